The molecule has 0 radical (unpaired) electrons. The Morgan fingerprint density at radius 3 is 2.21 bits per heavy atom. The lowest BCUT2D eigenvalue weighted by atomic mass is 10.0. The SMILES string of the molecule is C/C=C(\C(=C/NC=O)C(=O)Nc1cc(-c2ccc(N3CCCCC3)cc2)c(F)cc1N1CC(C)N(C)C(C)C1)P(F)F. The minimum atomic E-state index is -3.62. The van der Waals surface area contributed by atoms with E-state index < -0.39 is 25.6 Å². The van der Waals surface area contributed by atoms with Crippen LogP contribution in [-0.4, -0.2) is 62.5 Å². The number of halogens is 3. The fraction of sp³-hybridized carbons (Fsp3) is 0.419. The number of piperazine rings is 1. The number of rotatable bonds is 9. The summed E-state index contributed by atoms with van der Waals surface area (Å²) in [5.41, 5.74) is 2.41. The van der Waals surface area contributed by atoms with Crippen molar-refractivity contribution >= 4 is 37.9 Å². The number of piperidine rings is 1. The zero-order valence-electron chi connectivity index (χ0n) is 24.5. The van der Waals surface area contributed by atoms with Gasteiger partial charge in [0.25, 0.3) is 14.5 Å². The van der Waals surface area contributed by atoms with E-state index in [1.807, 2.05) is 36.2 Å². The van der Waals surface area contributed by atoms with Crippen LogP contribution in [0.2, 0.25) is 0 Å². The van der Waals surface area contributed by atoms with Gasteiger partial charge in [-0.05, 0) is 76.9 Å². The second-order valence-corrected chi connectivity index (χ2v) is 11.9. The molecule has 11 heteroatoms. The second kappa shape index (κ2) is 14.2. The molecule has 4 rings (SSSR count). The van der Waals surface area contributed by atoms with Crippen molar-refractivity contribution in [2.24, 2.45) is 0 Å². The Bertz CT molecular complexity index is 1320. The standard InChI is InChI=1S/C31H39F3N5O2P/c1-5-30(42(33)34)26(17-35-20-40)31(41)36-28-15-25(23-9-11-24(12-10-23)38-13-7-6-8-14-38)27(32)16-29(28)39-18-21(2)37(4)22(3)19-39/h5,9-12,15-17,20-22H,6-8,13-14,18-19H2,1-4H3,(H,35,40)(H,36,41)/b26-17+,30-5+. The van der Waals surface area contributed by atoms with Gasteiger partial charge in [-0.15, -0.1) is 0 Å². The lowest BCUT2D eigenvalue weighted by Crippen LogP contribution is -2.55. The van der Waals surface area contributed by atoms with Crippen molar-refractivity contribution in [2.75, 3.05) is 48.3 Å². The Balaban J connectivity index is 1.75. The fourth-order valence-corrected chi connectivity index (χ4v) is 6.20. The van der Waals surface area contributed by atoms with E-state index in [9.17, 15) is 18.0 Å². The highest BCUT2D eigenvalue weighted by Gasteiger charge is 2.30. The summed E-state index contributed by atoms with van der Waals surface area (Å²) in [6.45, 7) is 8.71. The Morgan fingerprint density at radius 2 is 1.64 bits per heavy atom. The fourth-order valence-electron chi connectivity index (χ4n) is 5.66. The van der Waals surface area contributed by atoms with Crippen molar-refractivity contribution in [1.82, 2.24) is 10.2 Å². The van der Waals surface area contributed by atoms with E-state index in [1.54, 1.807) is 6.07 Å². The average Bonchev–Trinajstić information content (AvgIpc) is 2.98. The number of anilines is 3. The van der Waals surface area contributed by atoms with Crippen molar-refractivity contribution in [1.29, 1.82) is 0 Å². The molecular weight excluding hydrogens is 562 g/mol. The van der Waals surface area contributed by atoms with Gasteiger partial charge in [0.1, 0.15) is 5.82 Å². The van der Waals surface area contributed by atoms with Gasteiger partial charge in [0.15, 0.2) is 0 Å². The van der Waals surface area contributed by atoms with Crippen LogP contribution in [0.15, 0.2) is 59.6 Å². The lowest BCUT2D eigenvalue weighted by molar-refractivity contribution is -0.112. The third-order valence-electron chi connectivity index (χ3n) is 8.21. The average molecular weight is 602 g/mol. The zero-order chi connectivity index (χ0) is 30.4. The smallest absolute Gasteiger partial charge is 0.298 e. The number of nitrogens with zero attached hydrogens (tertiary/aromatic N) is 3. The molecule has 2 fully saturated rings. The van der Waals surface area contributed by atoms with E-state index >= 15 is 4.39 Å². The topological polar surface area (TPSA) is 67.9 Å². The number of nitrogens with one attached hydrogen (secondary N) is 2. The summed E-state index contributed by atoms with van der Waals surface area (Å²) in [4.78, 5) is 31.0. The van der Waals surface area contributed by atoms with Crippen LogP contribution in [0.4, 0.5) is 29.8 Å². The van der Waals surface area contributed by atoms with Crippen molar-refractivity contribution < 1.29 is 22.4 Å². The molecule has 2 aromatic rings. The number of hydrogen-bond acceptors (Lipinski definition) is 5. The third kappa shape index (κ3) is 7.16. The first-order valence-electron chi connectivity index (χ1n) is 14.3. The first kappa shape index (κ1) is 31.6. The van der Waals surface area contributed by atoms with Gasteiger partial charge in [-0.1, -0.05) is 18.2 Å². The Labute approximate surface area is 247 Å². The van der Waals surface area contributed by atoms with E-state index in [1.165, 1.54) is 19.4 Å². The minimum absolute atomic E-state index is 0.158. The van der Waals surface area contributed by atoms with Crippen LogP contribution in [0.5, 0.6) is 0 Å². The first-order valence-corrected chi connectivity index (χ1v) is 15.4. The van der Waals surface area contributed by atoms with Crippen LogP contribution in [-0.2, 0) is 9.59 Å². The monoisotopic (exact) mass is 601 g/mol. The number of carbonyl (C=O) groups excluding carboxylic acids is 2. The molecule has 2 saturated heterocycles. The highest BCUT2D eigenvalue weighted by Crippen LogP contribution is 2.51. The zero-order valence-corrected chi connectivity index (χ0v) is 25.4. The largest absolute Gasteiger partial charge is 0.372 e. The predicted octanol–water partition coefficient (Wildman–Crippen LogP) is 6.73. The van der Waals surface area contributed by atoms with Crippen molar-refractivity contribution in [3.05, 3.63) is 65.4 Å². The molecule has 2 aliphatic heterocycles. The summed E-state index contributed by atoms with van der Waals surface area (Å²) in [5, 5.41) is 4.52. The molecule has 2 heterocycles. The van der Waals surface area contributed by atoms with Gasteiger partial charge in [-0.2, -0.15) is 8.39 Å². The van der Waals surface area contributed by atoms with Gasteiger partial charge in [-0.25, -0.2) is 4.39 Å². The molecule has 0 spiro atoms. The predicted molar refractivity (Wildman–Crippen MR) is 166 cm³/mol. The number of carbonyl (C=O) groups is 2. The molecule has 2 N–H and O–H groups in total. The molecule has 2 aliphatic rings. The van der Waals surface area contributed by atoms with Crippen molar-refractivity contribution in [3.63, 3.8) is 0 Å². The van der Waals surface area contributed by atoms with Crippen LogP contribution in [0, 0.1) is 5.82 Å². The maximum atomic E-state index is 15.8. The van der Waals surface area contributed by atoms with Crippen LogP contribution >= 0.6 is 8.54 Å². The van der Waals surface area contributed by atoms with Gasteiger partial charge in [0.05, 0.1) is 16.9 Å². The molecule has 2 atom stereocenters. The summed E-state index contributed by atoms with van der Waals surface area (Å²) in [5.74, 6) is -1.27. The molecule has 7 nitrogen and oxygen atoms in total. The number of amides is 2. The second-order valence-electron chi connectivity index (χ2n) is 10.9. The van der Waals surface area contributed by atoms with Gasteiger partial charge in [-0.3, -0.25) is 14.5 Å². The summed E-state index contributed by atoms with van der Waals surface area (Å²) in [7, 11) is -1.59. The molecule has 0 aliphatic carbocycles. The highest BCUT2D eigenvalue weighted by atomic mass is 31.2. The Morgan fingerprint density at radius 1 is 1.00 bits per heavy atom. The molecule has 0 saturated carbocycles. The molecule has 2 aromatic carbocycles. The van der Waals surface area contributed by atoms with E-state index in [2.05, 4.69) is 34.3 Å². The molecule has 0 bridgehead atoms. The van der Waals surface area contributed by atoms with Gasteiger partial charge in [0.2, 0.25) is 6.41 Å². The molecular formula is C31H39F3N5O2P. The van der Waals surface area contributed by atoms with Gasteiger partial charge < -0.3 is 20.4 Å². The quantitative estimate of drug-likeness (QED) is 0.144. The van der Waals surface area contributed by atoms with Crippen molar-refractivity contribution in [2.45, 2.75) is 52.1 Å². The number of benzene rings is 2. The number of allylic oxidation sites excluding steroid dienone is 1. The van der Waals surface area contributed by atoms with Gasteiger partial charge >= 0.3 is 0 Å². The van der Waals surface area contributed by atoms with Crippen LogP contribution in [0.1, 0.15) is 40.0 Å². The normalized spacial score (nSPS) is 20.6. The molecule has 0 aromatic heterocycles. The van der Waals surface area contributed by atoms with E-state index in [4.69, 9.17) is 0 Å². The Hall–Kier alpha value is -3.36. The Kier molecular flexibility index (Phi) is 10.7. The molecule has 2 unspecified atom stereocenters. The highest BCUT2D eigenvalue weighted by molar-refractivity contribution is 7.51. The maximum absolute atomic E-state index is 15.8. The van der Waals surface area contributed by atoms with E-state index in [-0.39, 0.29) is 23.2 Å². The maximum Gasteiger partial charge on any atom is 0.298 e. The number of likely N-dealkylation sites (N-methyl/N-ethyl adjacent to an activating group) is 1. The van der Waals surface area contributed by atoms with Gasteiger partial charge in [0, 0.05) is 61.0 Å². The van der Waals surface area contributed by atoms with Crippen LogP contribution in [0.3, 0.4) is 0 Å². The summed E-state index contributed by atoms with van der Waals surface area (Å²) < 4.78 is 43.6. The summed E-state index contributed by atoms with van der Waals surface area (Å²) in [6, 6.07) is 11.0. The van der Waals surface area contributed by atoms with E-state index in [0.717, 1.165) is 43.9 Å². The summed E-state index contributed by atoms with van der Waals surface area (Å²) >= 11 is 0. The number of hydrogen-bond donors (Lipinski definition) is 2. The van der Waals surface area contributed by atoms with E-state index in [0.29, 0.717) is 36.4 Å². The molecule has 42 heavy (non-hydrogen) atoms. The molecule has 226 valence electrons. The van der Waals surface area contributed by atoms with Crippen LogP contribution < -0.4 is 20.4 Å². The summed E-state index contributed by atoms with van der Waals surface area (Å²) in [6.07, 6.45) is 5.95. The molecule has 2 amide bonds. The van der Waals surface area contributed by atoms with Crippen LogP contribution in [0.25, 0.3) is 11.1 Å². The third-order valence-corrected chi connectivity index (χ3v) is 9.07. The first-order chi connectivity index (χ1) is 20.1. The minimum Gasteiger partial charge on any atom is -0.372 e. The lowest BCUT2D eigenvalue weighted by Gasteiger charge is -2.44. The van der Waals surface area contributed by atoms with Crippen molar-refractivity contribution in [3.8, 4) is 11.1 Å².